The van der Waals surface area contributed by atoms with Crippen LogP contribution in [0.15, 0.2) is 42.5 Å². The molecular formula is C20H22ClFN2O3. The van der Waals surface area contributed by atoms with Crippen molar-refractivity contribution in [2.75, 3.05) is 14.2 Å². The highest BCUT2D eigenvalue weighted by Crippen LogP contribution is 2.22. The molecule has 144 valence electrons. The van der Waals surface area contributed by atoms with Gasteiger partial charge in [0, 0.05) is 24.2 Å². The first-order valence-corrected chi connectivity index (χ1v) is 8.82. The lowest BCUT2D eigenvalue weighted by atomic mass is 10.1. The maximum absolute atomic E-state index is 14.1. The lowest BCUT2D eigenvalue weighted by Crippen LogP contribution is -2.47. The number of rotatable bonds is 7. The number of amides is 2. The molecule has 0 bridgehead atoms. The van der Waals surface area contributed by atoms with E-state index in [2.05, 4.69) is 5.32 Å². The second-order valence-corrected chi connectivity index (χ2v) is 6.44. The SMILES string of the molecule is CNC(=O)[C@H](C)N(Cc1ccc(OC)cc1)C(=O)Cc1c(F)cccc1Cl. The van der Waals surface area contributed by atoms with Crippen LogP contribution >= 0.6 is 11.6 Å². The van der Waals surface area contributed by atoms with Crippen molar-refractivity contribution in [3.8, 4) is 5.75 Å². The van der Waals surface area contributed by atoms with E-state index in [0.717, 1.165) is 5.56 Å². The number of halogens is 2. The topological polar surface area (TPSA) is 58.6 Å². The predicted octanol–water partition coefficient (Wildman–Crippen LogP) is 3.19. The fourth-order valence-corrected chi connectivity index (χ4v) is 2.90. The molecule has 2 amide bonds. The molecule has 0 radical (unpaired) electrons. The number of likely N-dealkylation sites (N-methyl/N-ethyl adjacent to an activating group) is 1. The lowest BCUT2D eigenvalue weighted by molar-refractivity contribution is -0.139. The molecule has 1 N–H and O–H groups in total. The number of nitrogens with one attached hydrogen (secondary N) is 1. The van der Waals surface area contributed by atoms with Crippen LogP contribution < -0.4 is 10.1 Å². The second-order valence-electron chi connectivity index (χ2n) is 6.04. The minimum Gasteiger partial charge on any atom is -0.497 e. The first-order valence-electron chi connectivity index (χ1n) is 8.44. The van der Waals surface area contributed by atoms with Crippen LogP contribution in [0, 0.1) is 5.82 Å². The third kappa shape index (κ3) is 5.20. The molecule has 0 unspecified atom stereocenters. The van der Waals surface area contributed by atoms with Gasteiger partial charge in [-0.1, -0.05) is 29.8 Å². The van der Waals surface area contributed by atoms with Crippen molar-refractivity contribution in [1.82, 2.24) is 10.2 Å². The Morgan fingerprint density at radius 1 is 1.22 bits per heavy atom. The summed E-state index contributed by atoms with van der Waals surface area (Å²) in [5.74, 6) is -0.563. The standard InChI is InChI=1S/C20H22ClFN2O3/c1-13(20(26)23-2)24(12-14-7-9-15(27-3)10-8-14)19(25)11-16-17(21)5-4-6-18(16)22/h4-10,13H,11-12H2,1-3H3,(H,23,26)/t13-/m0/s1. The monoisotopic (exact) mass is 392 g/mol. The summed E-state index contributed by atoms with van der Waals surface area (Å²) in [5.41, 5.74) is 0.938. The summed E-state index contributed by atoms with van der Waals surface area (Å²) in [6.07, 6.45) is -0.233. The highest BCUT2D eigenvalue weighted by atomic mass is 35.5. The molecule has 0 saturated heterocycles. The fourth-order valence-electron chi connectivity index (χ4n) is 2.67. The van der Waals surface area contributed by atoms with Crippen LogP contribution in [0.1, 0.15) is 18.1 Å². The zero-order valence-electron chi connectivity index (χ0n) is 15.5. The number of nitrogens with zero attached hydrogens (tertiary/aromatic N) is 1. The highest BCUT2D eigenvalue weighted by molar-refractivity contribution is 6.31. The van der Waals surface area contributed by atoms with E-state index >= 15 is 0 Å². The molecule has 0 aromatic heterocycles. The molecule has 0 saturated carbocycles. The number of carbonyl (C=O) groups is 2. The fraction of sp³-hybridized carbons (Fsp3) is 0.300. The van der Waals surface area contributed by atoms with Gasteiger partial charge < -0.3 is 15.0 Å². The summed E-state index contributed by atoms with van der Waals surface area (Å²) in [6.45, 7) is 1.83. The molecule has 0 heterocycles. The molecule has 2 aromatic carbocycles. The third-order valence-corrected chi connectivity index (χ3v) is 4.67. The maximum Gasteiger partial charge on any atom is 0.242 e. The Bertz CT molecular complexity index is 791. The largest absolute Gasteiger partial charge is 0.497 e. The maximum atomic E-state index is 14.1. The Balaban J connectivity index is 2.27. The smallest absolute Gasteiger partial charge is 0.242 e. The van der Waals surface area contributed by atoms with E-state index in [1.54, 1.807) is 26.2 Å². The van der Waals surface area contributed by atoms with Crippen LogP contribution in [0.4, 0.5) is 4.39 Å². The molecule has 1 atom stereocenters. The van der Waals surface area contributed by atoms with Crippen LogP contribution in [0.25, 0.3) is 0 Å². The van der Waals surface area contributed by atoms with Gasteiger partial charge in [0.2, 0.25) is 11.8 Å². The van der Waals surface area contributed by atoms with E-state index in [-0.39, 0.29) is 29.5 Å². The van der Waals surface area contributed by atoms with Gasteiger partial charge in [0.15, 0.2) is 0 Å². The van der Waals surface area contributed by atoms with Gasteiger partial charge in [0.25, 0.3) is 0 Å². The third-order valence-electron chi connectivity index (χ3n) is 4.32. The van der Waals surface area contributed by atoms with Crippen LogP contribution in [-0.4, -0.2) is 36.9 Å². The molecule has 27 heavy (non-hydrogen) atoms. The summed E-state index contributed by atoms with van der Waals surface area (Å²) < 4.78 is 19.2. The summed E-state index contributed by atoms with van der Waals surface area (Å²) in [6, 6.07) is 10.7. The van der Waals surface area contributed by atoms with E-state index in [1.165, 1.54) is 30.1 Å². The summed E-state index contributed by atoms with van der Waals surface area (Å²) in [7, 11) is 3.07. The van der Waals surface area contributed by atoms with Crippen LogP contribution in [-0.2, 0) is 22.6 Å². The molecule has 0 spiro atoms. The molecule has 7 heteroatoms. The minimum absolute atomic E-state index is 0.119. The summed E-state index contributed by atoms with van der Waals surface area (Å²) in [5, 5.41) is 2.72. The van der Waals surface area contributed by atoms with Gasteiger partial charge in [0.1, 0.15) is 17.6 Å². The zero-order chi connectivity index (χ0) is 20.0. The van der Waals surface area contributed by atoms with Crippen molar-refractivity contribution in [3.63, 3.8) is 0 Å². The molecule has 2 rings (SSSR count). The van der Waals surface area contributed by atoms with Crippen molar-refractivity contribution in [2.24, 2.45) is 0 Å². The van der Waals surface area contributed by atoms with Crippen molar-refractivity contribution in [1.29, 1.82) is 0 Å². The van der Waals surface area contributed by atoms with Crippen molar-refractivity contribution >= 4 is 23.4 Å². The van der Waals surface area contributed by atoms with Gasteiger partial charge in [-0.05, 0) is 36.8 Å². The number of carbonyl (C=O) groups excluding carboxylic acids is 2. The number of ether oxygens (including phenoxy) is 1. The van der Waals surface area contributed by atoms with E-state index in [9.17, 15) is 14.0 Å². The zero-order valence-corrected chi connectivity index (χ0v) is 16.2. The van der Waals surface area contributed by atoms with Gasteiger partial charge in [-0.2, -0.15) is 0 Å². The van der Waals surface area contributed by atoms with E-state index < -0.39 is 17.8 Å². The van der Waals surface area contributed by atoms with Gasteiger partial charge in [-0.25, -0.2) is 4.39 Å². The quantitative estimate of drug-likeness (QED) is 0.787. The number of hydrogen-bond acceptors (Lipinski definition) is 3. The molecule has 0 aliphatic carbocycles. The molecule has 0 fully saturated rings. The average molecular weight is 393 g/mol. The summed E-state index contributed by atoms with van der Waals surface area (Å²) >= 11 is 6.04. The van der Waals surface area contributed by atoms with E-state index in [4.69, 9.17) is 16.3 Å². The predicted molar refractivity (Wildman–Crippen MR) is 102 cm³/mol. The molecule has 2 aromatic rings. The first-order chi connectivity index (χ1) is 12.9. The Labute approximate surface area is 163 Å². The lowest BCUT2D eigenvalue weighted by Gasteiger charge is -2.28. The van der Waals surface area contributed by atoms with Crippen LogP contribution in [0.5, 0.6) is 5.75 Å². The summed E-state index contributed by atoms with van der Waals surface area (Å²) in [4.78, 5) is 26.4. The van der Waals surface area contributed by atoms with Gasteiger partial charge in [-0.3, -0.25) is 9.59 Å². The van der Waals surface area contributed by atoms with Crippen molar-refractivity contribution in [3.05, 3.63) is 64.4 Å². The van der Waals surface area contributed by atoms with Crippen molar-refractivity contribution < 1.29 is 18.7 Å². The molecule has 0 aliphatic heterocycles. The molecule has 5 nitrogen and oxygen atoms in total. The Morgan fingerprint density at radius 2 is 1.89 bits per heavy atom. The molecule has 0 aliphatic rings. The van der Waals surface area contributed by atoms with Gasteiger partial charge in [0.05, 0.1) is 13.5 Å². The second kappa shape index (κ2) is 9.37. The molecular weight excluding hydrogens is 371 g/mol. The number of hydrogen-bond donors (Lipinski definition) is 1. The van der Waals surface area contributed by atoms with Crippen LogP contribution in [0.2, 0.25) is 5.02 Å². The van der Waals surface area contributed by atoms with E-state index in [1.807, 2.05) is 12.1 Å². The minimum atomic E-state index is -0.727. The van der Waals surface area contributed by atoms with E-state index in [0.29, 0.717) is 5.75 Å². The van der Waals surface area contributed by atoms with Crippen LogP contribution in [0.3, 0.4) is 0 Å². The number of benzene rings is 2. The van der Waals surface area contributed by atoms with Crippen molar-refractivity contribution in [2.45, 2.75) is 25.9 Å². The average Bonchev–Trinajstić information content (AvgIpc) is 2.68. The number of methoxy groups -OCH3 is 1. The highest BCUT2D eigenvalue weighted by Gasteiger charge is 2.26. The first kappa shape index (κ1) is 20.7. The Kier molecular flexibility index (Phi) is 7.19. The normalized spacial score (nSPS) is 11.6. The Hall–Kier alpha value is -2.60. The van der Waals surface area contributed by atoms with Gasteiger partial charge in [-0.15, -0.1) is 0 Å². The van der Waals surface area contributed by atoms with Gasteiger partial charge >= 0.3 is 0 Å². The Morgan fingerprint density at radius 3 is 2.44 bits per heavy atom.